The molecular formula is C17H21NO2. The lowest BCUT2D eigenvalue weighted by molar-refractivity contribution is -0.139. The second-order valence-corrected chi connectivity index (χ2v) is 7.29. The van der Waals surface area contributed by atoms with E-state index in [1.165, 1.54) is 6.42 Å². The predicted molar refractivity (Wildman–Crippen MR) is 76.3 cm³/mol. The molecule has 106 valence electrons. The van der Waals surface area contributed by atoms with Gasteiger partial charge in [-0.3, -0.25) is 4.79 Å². The first-order valence-electron chi connectivity index (χ1n) is 7.66. The fourth-order valence-electron chi connectivity index (χ4n) is 5.26. The molecule has 1 aromatic rings. The van der Waals surface area contributed by atoms with E-state index in [0.29, 0.717) is 11.8 Å². The van der Waals surface area contributed by atoms with Crippen LogP contribution >= 0.6 is 0 Å². The molecule has 20 heavy (non-hydrogen) atoms. The van der Waals surface area contributed by atoms with Gasteiger partial charge in [0, 0.05) is 11.1 Å². The molecule has 4 aliphatic rings. The second-order valence-electron chi connectivity index (χ2n) is 7.29. The molecule has 4 saturated carbocycles. The topological polar surface area (TPSA) is 49.3 Å². The summed E-state index contributed by atoms with van der Waals surface area (Å²) in [6.45, 7) is 0. The van der Waals surface area contributed by atoms with Gasteiger partial charge in [-0.25, -0.2) is 0 Å². The highest BCUT2D eigenvalue weighted by Gasteiger charge is 2.57. The van der Waals surface area contributed by atoms with Gasteiger partial charge in [0.1, 0.15) is 0 Å². The number of amides is 1. The molecule has 0 radical (unpaired) electrons. The minimum absolute atomic E-state index is 0.0103. The van der Waals surface area contributed by atoms with Crippen LogP contribution in [0, 0.1) is 11.8 Å². The van der Waals surface area contributed by atoms with Crippen molar-refractivity contribution in [1.82, 2.24) is 5.32 Å². The van der Waals surface area contributed by atoms with Gasteiger partial charge in [-0.1, -0.05) is 18.2 Å². The first-order valence-corrected chi connectivity index (χ1v) is 7.66. The fourth-order valence-corrected chi connectivity index (χ4v) is 5.26. The highest BCUT2D eigenvalue weighted by Crippen LogP contribution is 2.57. The lowest BCUT2D eigenvalue weighted by atomic mass is 9.51. The van der Waals surface area contributed by atoms with Gasteiger partial charge in [-0.15, -0.1) is 0 Å². The zero-order valence-corrected chi connectivity index (χ0v) is 11.6. The van der Waals surface area contributed by atoms with Crippen molar-refractivity contribution in [1.29, 1.82) is 0 Å². The van der Waals surface area contributed by atoms with E-state index in [4.69, 9.17) is 0 Å². The van der Waals surface area contributed by atoms with E-state index in [-0.39, 0.29) is 11.4 Å². The Hall–Kier alpha value is -1.35. The van der Waals surface area contributed by atoms with Gasteiger partial charge in [0.2, 0.25) is 0 Å². The van der Waals surface area contributed by atoms with Crippen molar-refractivity contribution >= 4 is 5.91 Å². The molecule has 2 N–H and O–H groups in total. The maximum Gasteiger partial charge on any atom is 0.251 e. The Kier molecular flexibility index (Phi) is 2.53. The smallest absolute Gasteiger partial charge is 0.251 e. The van der Waals surface area contributed by atoms with Crippen LogP contribution in [-0.2, 0) is 0 Å². The molecule has 0 aliphatic heterocycles. The zero-order chi connectivity index (χ0) is 13.8. The van der Waals surface area contributed by atoms with Crippen LogP contribution < -0.4 is 5.32 Å². The van der Waals surface area contributed by atoms with Crippen molar-refractivity contribution in [3.63, 3.8) is 0 Å². The van der Waals surface area contributed by atoms with E-state index < -0.39 is 5.60 Å². The highest BCUT2D eigenvalue weighted by atomic mass is 16.3. The molecule has 4 aliphatic carbocycles. The normalized spacial score (nSPS) is 41.6. The van der Waals surface area contributed by atoms with Crippen molar-refractivity contribution in [2.75, 3.05) is 0 Å². The predicted octanol–water partition coefficient (Wildman–Crippen LogP) is 2.50. The van der Waals surface area contributed by atoms with Crippen LogP contribution in [0.3, 0.4) is 0 Å². The van der Waals surface area contributed by atoms with E-state index in [9.17, 15) is 9.90 Å². The molecule has 0 heterocycles. The van der Waals surface area contributed by atoms with Crippen LogP contribution in [0.2, 0.25) is 0 Å². The number of hydrogen-bond acceptors (Lipinski definition) is 2. The third-order valence-electron chi connectivity index (χ3n) is 5.44. The van der Waals surface area contributed by atoms with E-state index in [2.05, 4.69) is 5.32 Å². The molecule has 1 amide bonds. The molecule has 0 saturated heterocycles. The first kappa shape index (κ1) is 12.4. The van der Waals surface area contributed by atoms with Gasteiger partial charge in [-0.2, -0.15) is 0 Å². The number of rotatable bonds is 2. The molecule has 2 atom stereocenters. The molecule has 0 spiro atoms. The fraction of sp³-hybridized carbons (Fsp3) is 0.588. The van der Waals surface area contributed by atoms with Gasteiger partial charge in [-0.05, 0) is 62.5 Å². The largest absolute Gasteiger partial charge is 0.390 e. The number of nitrogens with one attached hydrogen (secondary N) is 1. The molecule has 4 bridgehead atoms. The molecule has 0 aromatic heterocycles. The van der Waals surface area contributed by atoms with Crippen LogP contribution in [-0.4, -0.2) is 22.2 Å². The monoisotopic (exact) mass is 271 g/mol. The van der Waals surface area contributed by atoms with Crippen LogP contribution in [0.25, 0.3) is 0 Å². The van der Waals surface area contributed by atoms with Gasteiger partial charge < -0.3 is 10.4 Å². The second kappa shape index (κ2) is 4.08. The minimum atomic E-state index is -0.520. The van der Waals surface area contributed by atoms with Crippen molar-refractivity contribution in [2.24, 2.45) is 11.8 Å². The molecule has 2 unspecified atom stereocenters. The summed E-state index contributed by atoms with van der Waals surface area (Å²) < 4.78 is 0. The van der Waals surface area contributed by atoms with E-state index >= 15 is 0 Å². The Bertz CT molecular complexity index is 525. The number of aliphatic hydroxyl groups is 1. The summed E-state index contributed by atoms with van der Waals surface area (Å²) in [5.74, 6) is 1.20. The summed E-state index contributed by atoms with van der Waals surface area (Å²) in [5, 5.41) is 14.0. The minimum Gasteiger partial charge on any atom is -0.390 e. The van der Waals surface area contributed by atoms with Crippen molar-refractivity contribution in [3.8, 4) is 0 Å². The maximum absolute atomic E-state index is 12.4. The zero-order valence-electron chi connectivity index (χ0n) is 11.6. The number of carbonyl (C=O) groups is 1. The lowest BCUT2D eigenvalue weighted by Gasteiger charge is -2.60. The average Bonchev–Trinajstić information content (AvgIpc) is 2.36. The summed E-state index contributed by atoms with van der Waals surface area (Å²) in [6, 6.07) is 9.41. The highest BCUT2D eigenvalue weighted by molar-refractivity contribution is 5.94. The molecule has 3 heteroatoms. The van der Waals surface area contributed by atoms with Gasteiger partial charge in [0.15, 0.2) is 0 Å². The Balaban J connectivity index is 1.58. The Morgan fingerprint density at radius 1 is 1.10 bits per heavy atom. The Labute approximate surface area is 119 Å². The van der Waals surface area contributed by atoms with E-state index in [1.807, 2.05) is 30.3 Å². The molecule has 5 rings (SSSR count). The molecule has 4 fully saturated rings. The van der Waals surface area contributed by atoms with Crippen LogP contribution in [0.1, 0.15) is 48.9 Å². The quantitative estimate of drug-likeness (QED) is 0.868. The van der Waals surface area contributed by atoms with E-state index in [1.54, 1.807) is 0 Å². The number of hydrogen-bond donors (Lipinski definition) is 2. The Morgan fingerprint density at radius 3 is 2.35 bits per heavy atom. The van der Waals surface area contributed by atoms with Crippen molar-refractivity contribution < 1.29 is 9.90 Å². The summed E-state index contributed by atoms with van der Waals surface area (Å²) >= 11 is 0. The van der Waals surface area contributed by atoms with E-state index in [0.717, 1.165) is 37.7 Å². The standard InChI is InChI=1S/C17H21NO2/c19-15(14-4-2-1-3-5-14)18-16-7-12-6-13(8-16)10-17(20,9-12)11-16/h1-5,12-13,20H,6-11H2,(H,18,19). The van der Waals surface area contributed by atoms with Crippen LogP contribution in [0.4, 0.5) is 0 Å². The SMILES string of the molecule is O=C(NC12CC3CC(CC(O)(C3)C1)C2)c1ccccc1. The third kappa shape index (κ3) is 1.96. The first-order chi connectivity index (χ1) is 9.56. The van der Waals surface area contributed by atoms with Crippen LogP contribution in [0.15, 0.2) is 30.3 Å². The van der Waals surface area contributed by atoms with Crippen molar-refractivity contribution in [3.05, 3.63) is 35.9 Å². The molecule has 1 aromatic carbocycles. The summed E-state index contributed by atoms with van der Waals surface area (Å²) in [6.07, 6.45) is 5.95. The van der Waals surface area contributed by atoms with Crippen LogP contribution in [0.5, 0.6) is 0 Å². The lowest BCUT2D eigenvalue weighted by Crippen LogP contribution is -2.65. The Morgan fingerprint density at radius 2 is 1.75 bits per heavy atom. The van der Waals surface area contributed by atoms with Crippen molar-refractivity contribution in [2.45, 2.75) is 49.7 Å². The van der Waals surface area contributed by atoms with Gasteiger partial charge in [0.25, 0.3) is 5.91 Å². The number of carbonyl (C=O) groups excluding carboxylic acids is 1. The van der Waals surface area contributed by atoms with Gasteiger partial charge >= 0.3 is 0 Å². The summed E-state index contributed by atoms with van der Waals surface area (Å²) in [5.41, 5.74) is 0.0371. The number of benzene rings is 1. The summed E-state index contributed by atoms with van der Waals surface area (Å²) in [7, 11) is 0. The average molecular weight is 271 g/mol. The van der Waals surface area contributed by atoms with Gasteiger partial charge in [0.05, 0.1) is 5.60 Å². The molecule has 3 nitrogen and oxygen atoms in total. The summed E-state index contributed by atoms with van der Waals surface area (Å²) in [4.78, 5) is 12.4. The molecular weight excluding hydrogens is 250 g/mol. The third-order valence-corrected chi connectivity index (χ3v) is 5.44. The maximum atomic E-state index is 12.4.